The van der Waals surface area contributed by atoms with Gasteiger partial charge in [-0.25, -0.2) is 17.7 Å². The highest BCUT2D eigenvalue weighted by Gasteiger charge is 2.33. The van der Waals surface area contributed by atoms with Crippen molar-refractivity contribution in [3.63, 3.8) is 0 Å². The number of carbonyl (C=O) groups is 1. The molecule has 2 aliphatic heterocycles. The number of hydrogen-bond donors (Lipinski definition) is 2. The van der Waals surface area contributed by atoms with Crippen LogP contribution in [0, 0.1) is 5.41 Å². The fourth-order valence-corrected chi connectivity index (χ4v) is 4.26. The number of aromatic amines is 1. The van der Waals surface area contributed by atoms with E-state index in [9.17, 15) is 13.2 Å². The number of piperidine rings is 1. The van der Waals surface area contributed by atoms with Crippen LogP contribution >= 0.6 is 0 Å². The molecule has 1 aromatic heterocycles. The number of amides is 1. The Bertz CT molecular complexity index is 723. The number of H-pyrrole nitrogens is 1. The van der Waals surface area contributed by atoms with E-state index in [4.69, 9.17) is 0 Å². The first-order valence-electron chi connectivity index (χ1n) is 7.98. The van der Waals surface area contributed by atoms with Gasteiger partial charge < -0.3 is 10.3 Å². The number of fused-ring (bicyclic) bond motifs is 1. The standard InChI is InChI=1S/C15H24N4O3S/c1-15(2)7-11-12(14(20)16-9-15)18-13(17-11)10-5-4-6-19(8-10)23(3,21)22/h10H,4-9H2,1-3H3,(H,16,20)(H,17,18)/t10-/m1/s1. The third-order valence-corrected chi connectivity index (χ3v) is 5.90. The fourth-order valence-electron chi connectivity index (χ4n) is 3.35. The van der Waals surface area contributed by atoms with E-state index < -0.39 is 10.0 Å². The molecule has 0 bridgehead atoms. The number of carbonyl (C=O) groups excluding carboxylic acids is 1. The summed E-state index contributed by atoms with van der Waals surface area (Å²) in [6, 6.07) is 0. The zero-order valence-electron chi connectivity index (χ0n) is 13.8. The van der Waals surface area contributed by atoms with E-state index >= 15 is 0 Å². The molecule has 0 aliphatic carbocycles. The number of aromatic nitrogens is 2. The predicted octanol–water partition coefficient (Wildman–Crippen LogP) is 0.861. The monoisotopic (exact) mass is 340 g/mol. The normalized spacial score (nSPS) is 25.5. The number of nitrogens with one attached hydrogen (secondary N) is 2. The van der Waals surface area contributed by atoms with Crippen LogP contribution in [0.2, 0.25) is 0 Å². The highest BCUT2D eigenvalue weighted by molar-refractivity contribution is 7.88. The van der Waals surface area contributed by atoms with Crippen LogP contribution in [0.4, 0.5) is 0 Å². The van der Waals surface area contributed by atoms with Crippen molar-refractivity contribution in [2.45, 2.75) is 39.0 Å². The van der Waals surface area contributed by atoms with Crippen molar-refractivity contribution in [1.82, 2.24) is 19.6 Å². The predicted molar refractivity (Wildman–Crippen MR) is 86.8 cm³/mol. The van der Waals surface area contributed by atoms with Crippen LogP contribution in [0.3, 0.4) is 0 Å². The molecule has 0 aromatic carbocycles. The minimum atomic E-state index is -3.19. The molecule has 128 valence electrons. The van der Waals surface area contributed by atoms with Gasteiger partial charge in [-0.1, -0.05) is 13.8 Å². The van der Waals surface area contributed by atoms with Gasteiger partial charge in [0.05, 0.1) is 6.26 Å². The van der Waals surface area contributed by atoms with Gasteiger partial charge in [-0.2, -0.15) is 0 Å². The first-order valence-corrected chi connectivity index (χ1v) is 9.83. The van der Waals surface area contributed by atoms with Gasteiger partial charge in [-0.3, -0.25) is 4.79 Å². The number of hydrogen-bond acceptors (Lipinski definition) is 4. The number of rotatable bonds is 2. The molecular formula is C15H24N4O3S. The average molecular weight is 340 g/mol. The molecule has 3 rings (SSSR count). The minimum absolute atomic E-state index is 0.0151. The molecule has 0 radical (unpaired) electrons. The Hall–Kier alpha value is -1.41. The maximum atomic E-state index is 12.2. The Balaban J connectivity index is 1.88. The molecule has 2 N–H and O–H groups in total. The zero-order valence-corrected chi connectivity index (χ0v) is 14.7. The lowest BCUT2D eigenvalue weighted by Crippen LogP contribution is -2.38. The molecular weight excluding hydrogens is 316 g/mol. The van der Waals surface area contributed by atoms with E-state index in [1.807, 2.05) is 0 Å². The molecule has 0 unspecified atom stereocenters. The molecule has 1 fully saturated rings. The van der Waals surface area contributed by atoms with Gasteiger partial charge in [0.25, 0.3) is 5.91 Å². The Morgan fingerprint density at radius 3 is 2.78 bits per heavy atom. The lowest BCUT2D eigenvalue weighted by molar-refractivity contribution is 0.0940. The van der Waals surface area contributed by atoms with Crippen LogP contribution < -0.4 is 5.32 Å². The largest absolute Gasteiger partial charge is 0.350 e. The molecule has 7 nitrogen and oxygen atoms in total. The average Bonchev–Trinajstić information content (AvgIpc) is 2.83. The molecule has 0 saturated carbocycles. The van der Waals surface area contributed by atoms with Crippen molar-refractivity contribution in [3.05, 3.63) is 17.2 Å². The van der Waals surface area contributed by atoms with Gasteiger partial charge >= 0.3 is 0 Å². The zero-order chi connectivity index (χ0) is 16.8. The van der Waals surface area contributed by atoms with Crippen LogP contribution in [0.15, 0.2) is 0 Å². The highest BCUT2D eigenvalue weighted by atomic mass is 32.2. The minimum Gasteiger partial charge on any atom is -0.350 e. The van der Waals surface area contributed by atoms with Crippen molar-refractivity contribution in [2.75, 3.05) is 25.9 Å². The van der Waals surface area contributed by atoms with Gasteiger partial charge in [0.1, 0.15) is 11.5 Å². The summed E-state index contributed by atoms with van der Waals surface area (Å²) in [4.78, 5) is 20.0. The molecule has 23 heavy (non-hydrogen) atoms. The molecule has 1 saturated heterocycles. The molecule has 1 amide bonds. The van der Waals surface area contributed by atoms with Crippen LogP contribution in [0.5, 0.6) is 0 Å². The van der Waals surface area contributed by atoms with E-state index in [-0.39, 0.29) is 17.2 Å². The van der Waals surface area contributed by atoms with Gasteiger partial charge in [-0.05, 0) is 24.7 Å². The molecule has 8 heteroatoms. The third-order valence-electron chi connectivity index (χ3n) is 4.63. The smallest absolute Gasteiger partial charge is 0.271 e. The molecule has 1 atom stereocenters. The van der Waals surface area contributed by atoms with Crippen molar-refractivity contribution >= 4 is 15.9 Å². The van der Waals surface area contributed by atoms with Crippen molar-refractivity contribution in [3.8, 4) is 0 Å². The molecule has 2 aliphatic rings. The Morgan fingerprint density at radius 1 is 1.35 bits per heavy atom. The van der Waals surface area contributed by atoms with Gasteiger partial charge in [0.15, 0.2) is 0 Å². The highest BCUT2D eigenvalue weighted by Crippen LogP contribution is 2.30. The van der Waals surface area contributed by atoms with E-state index in [2.05, 4.69) is 29.1 Å². The van der Waals surface area contributed by atoms with Crippen LogP contribution in [-0.2, 0) is 16.4 Å². The summed E-state index contributed by atoms with van der Waals surface area (Å²) in [5.74, 6) is 0.598. The summed E-state index contributed by atoms with van der Waals surface area (Å²) in [5, 5.41) is 2.91. The second-order valence-corrected chi connectivity index (χ2v) is 9.42. The summed E-state index contributed by atoms with van der Waals surface area (Å²) in [6.45, 7) is 5.82. The van der Waals surface area contributed by atoms with E-state index in [0.29, 0.717) is 25.3 Å². The summed E-state index contributed by atoms with van der Waals surface area (Å²) >= 11 is 0. The summed E-state index contributed by atoms with van der Waals surface area (Å²) in [7, 11) is -3.19. The number of nitrogens with zero attached hydrogens (tertiary/aromatic N) is 2. The molecule has 0 spiro atoms. The van der Waals surface area contributed by atoms with E-state index in [0.717, 1.165) is 30.8 Å². The van der Waals surface area contributed by atoms with Crippen molar-refractivity contribution in [2.24, 2.45) is 5.41 Å². The van der Waals surface area contributed by atoms with E-state index in [1.165, 1.54) is 10.6 Å². The Morgan fingerprint density at radius 2 is 2.09 bits per heavy atom. The number of imidazole rings is 1. The maximum absolute atomic E-state index is 12.2. The van der Waals surface area contributed by atoms with Crippen molar-refractivity contribution in [1.29, 1.82) is 0 Å². The topological polar surface area (TPSA) is 95.2 Å². The fraction of sp³-hybridized carbons (Fsp3) is 0.733. The summed E-state index contributed by atoms with van der Waals surface area (Å²) < 4.78 is 25.0. The second kappa shape index (κ2) is 5.59. The quantitative estimate of drug-likeness (QED) is 0.835. The number of sulfonamides is 1. The lowest BCUT2D eigenvalue weighted by atomic mass is 9.88. The van der Waals surface area contributed by atoms with Crippen LogP contribution in [0.1, 0.15) is 54.6 Å². The second-order valence-electron chi connectivity index (χ2n) is 7.43. The lowest BCUT2D eigenvalue weighted by Gasteiger charge is -2.29. The first kappa shape index (κ1) is 16.4. The van der Waals surface area contributed by atoms with Gasteiger partial charge in [-0.15, -0.1) is 0 Å². The van der Waals surface area contributed by atoms with Crippen LogP contribution in [0.25, 0.3) is 0 Å². The van der Waals surface area contributed by atoms with Gasteiger partial charge in [0, 0.05) is 31.2 Å². The van der Waals surface area contributed by atoms with E-state index in [1.54, 1.807) is 0 Å². The van der Waals surface area contributed by atoms with Gasteiger partial charge in [0.2, 0.25) is 10.0 Å². The Kier molecular flexibility index (Phi) is 4.00. The Labute approximate surface area is 136 Å². The summed E-state index contributed by atoms with van der Waals surface area (Å²) in [6.07, 6.45) is 3.67. The van der Waals surface area contributed by atoms with Crippen LogP contribution in [-0.4, -0.2) is 54.5 Å². The maximum Gasteiger partial charge on any atom is 0.271 e. The third kappa shape index (κ3) is 3.42. The first-order chi connectivity index (χ1) is 10.7. The molecule has 3 heterocycles. The molecule has 1 aromatic rings. The van der Waals surface area contributed by atoms with Crippen molar-refractivity contribution < 1.29 is 13.2 Å². The SMILES string of the molecule is CC1(C)CNC(=O)c2nc([C@@H]3CCCN(S(C)(=O)=O)C3)[nH]c2C1. The summed E-state index contributed by atoms with van der Waals surface area (Å²) in [5.41, 5.74) is 1.29.